The lowest BCUT2D eigenvalue weighted by Gasteiger charge is -2.17. The van der Waals surface area contributed by atoms with Crippen LogP contribution in [0.25, 0.3) is 0 Å². The van der Waals surface area contributed by atoms with Crippen LogP contribution in [0.5, 0.6) is 0 Å². The van der Waals surface area contributed by atoms with Gasteiger partial charge in [0.05, 0.1) is 4.88 Å². The van der Waals surface area contributed by atoms with Crippen LogP contribution < -0.4 is 5.73 Å². The van der Waals surface area contributed by atoms with Crippen molar-refractivity contribution in [3.05, 3.63) is 57.5 Å². The van der Waals surface area contributed by atoms with E-state index in [-0.39, 0.29) is 11.4 Å². The highest BCUT2D eigenvalue weighted by Crippen LogP contribution is 2.19. The monoisotopic (exact) mass is 329 g/mol. The average molecular weight is 329 g/mol. The van der Waals surface area contributed by atoms with Gasteiger partial charge in [0.1, 0.15) is 5.82 Å². The zero-order chi connectivity index (χ0) is 16.7. The first-order chi connectivity index (χ1) is 10.9. The van der Waals surface area contributed by atoms with Gasteiger partial charge in [-0.25, -0.2) is 4.39 Å². The van der Waals surface area contributed by atoms with Crippen molar-refractivity contribution in [2.75, 3.05) is 0 Å². The maximum absolute atomic E-state index is 12.8. The number of hydrogen-bond acceptors (Lipinski definition) is 2. The number of unbranched alkanes of at least 4 members (excludes halogenated alkanes) is 1. The van der Waals surface area contributed by atoms with Gasteiger partial charge in [-0.2, -0.15) is 0 Å². The van der Waals surface area contributed by atoms with Crippen molar-refractivity contribution in [1.82, 2.24) is 0 Å². The van der Waals surface area contributed by atoms with Crippen molar-refractivity contribution in [2.45, 2.75) is 51.5 Å². The number of halogens is 1. The van der Waals surface area contributed by atoms with E-state index in [4.69, 9.17) is 5.73 Å². The first-order valence-electron chi connectivity index (χ1n) is 8.03. The summed E-state index contributed by atoms with van der Waals surface area (Å²) >= 11 is 1.76. The molecule has 1 aromatic heterocycles. The molecule has 1 nitrogen and oxygen atoms in total. The highest BCUT2D eigenvalue weighted by atomic mass is 32.1. The van der Waals surface area contributed by atoms with Crippen LogP contribution in [0.4, 0.5) is 4.39 Å². The van der Waals surface area contributed by atoms with Gasteiger partial charge in [-0.15, -0.1) is 11.3 Å². The van der Waals surface area contributed by atoms with Gasteiger partial charge in [0.25, 0.3) is 0 Å². The number of hydrogen-bond donors (Lipinski definition) is 1. The van der Waals surface area contributed by atoms with Crippen molar-refractivity contribution in [3.63, 3.8) is 0 Å². The number of nitrogens with two attached hydrogens (primary N) is 1. The van der Waals surface area contributed by atoms with Crippen LogP contribution in [0.3, 0.4) is 0 Å². The molecule has 2 aromatic rings. The first-order valence-corrected chi connectivity index (χ1v) is 8.85. The largest absolute Gasteiger partial charge is 0.326 e. The lowest BCUT2D eigenvalue weighted by molar-refractivity contribution is 0.478. The molecular weight excluding hydrogens is 305 g/mol. The van der Waals surface area contributed by atoms with E-state index in [0.29, 0.717) is 0 Å². The zero-order valence-corrected chi connectivity index (χ0v) is 14.7. The van der Waals surface area contributed by atoms with Gasteiger partial charge in [0.2, 0.25) is 0 Å². The molecular formula is C20H24FNS. The van der Waals surface area contributed by atoms with Crippen LogP contribution in [0.1, 0.15) is 48.4 Å². The third kappa shape index (κ3) is 6.99. The summed E-state index contributed by atoms with van der Waals surface area (Å²) in [4.78, 5) is 2.47. The molecule has 0 spiro atoms. The van der Waals surface area contributed by atoms with E-state index in [2.05, 4.69) is 37.8 Å². The molecule has 0 saturated heterocycles. The SMILES string of the molecule is CC(C)(N)CCc1ccc(C#CCCCc2ccc(F)cc2)s1. The highest BCUT2D eigenvalue weighted by Gasteiger charge is 2.10. The summed E-state index contributed by atoms with van der Waals surface area (Å²) in [7, 11) is 0. The molecule has 0 atom stereocenters. The molecule has 0 aliphatic heterocycles. The van der Waals surface area contributed by atoms with Crippen LogP contribution in [0, 0.1) is 17.7 Å². The lowest BCUT2D eigenvalue weighted by Crippen LogP contribution is -2.32. The molecule has 2 rings (SSSR count). The molecule has 1 aromatic carbocycles. The molecule has 0 bridgehead atoms. The Morgan fingerprint density at radius 2 is 1.83 bits per heavy atom. The van der Waals surface area contributed by atoms with Gasteiger partial charge in [-0.05, 0) is 69.4 Å². The highest BCUT2D eigenvalue weighted by molar-refractivity contribution is 7.12. The third-order valence-corrected chi connectivity index (χ3v) is 4.63. The average Bonchev–Trinajstić information content (AvgIpc) is 2.94. The number of thiophene rings is 1. The minimum Gasteiger partial charge on any atom is -0.326 e. The van der Waals surface area contributed by atoms with Gasteiger partial charge in [-0.3, -0.25) is 0 Å². The van der Waals surface area contributed by atoms with E-state index >= 15 is 0 Å². The maximum Gasteiger partial charge on any atom is 0.123 e. The Hall–Kier alpha value is -1.63. The van der Waals surface area contributed by atoms with E-state index in [9.17, 15) is 4.39 Å². The molecule has 2 N–H and O–H groups in total. The summed E-state index contributed by atoms with van der Waals surface area (Å²) in [5, 5.41) is 0. The van der Waals surface area contributed by atoms with Gasteiger partial charge in [0, 0.05) is 16.8 Å². The molecule has 23 heavy (non-hydrogen) atoms. The molecule has 0 fully saturated rings. The second kappa shape index (κ2) is 8.29. The Kier molecular flexibility index (Phi) is 6.38. The smallest absolute Gasteiger partial charge is 0.123 e. The molecule has 0 aliphatic carbocycles. The minimum atomic E-state index is -0.180. The van der Waals surface area contributed by atoms with Crippen molar-refractivity contribution < 1.29 is 4.39 Å². The quantitative estimate of drug-likeness (QED) is 0.590. The summed E-state index contributed by atoms with van der Waals surface area (Å²) in [6.07, 6.45) is 4.80. The molecule has 0 amide bonds. The zero-order valence-electron chi connectivity index (χ0n) is 13.9. The van der Waals surface area contributed by atoms with Crippen LogP contribution >= 0.6 is 11.3 Å². The molecule has 0 saturated carbocycles. The number of rotatable bonds is 6. The van der Waals surface area contributed by atoms with Crippen molar-refractivity contribution in [3.8, 4) is 11.8 Å². The van der Waals surface area contributed by atoms with Crippen molar-refractivity contribution >= 4 is 11.3 Å². The topological polar surface area (TPSA) is 26.0 Å². The molecule has 0 unspecified atom stereocenters. The molecule has 1 heterocycles. The number of benzene rings is 1. The molecule has 0 radical (unpaired) electrons. The van der Waals surface area contributed by atoms with E-state index in [0.717, 1.165) is 42.5 Å². The third-order valence-electron chi connectivity index (χ3n) is 3.57. The molecule has 0 aliphatic rings. The summed E-state index contributed by atoms with van der Waals surface area (Å²) < 4.78 is 12.8. The van der Waals surface area contributed by atoms with Crippen LogP contribution in [0.15, 0.2) is 36.4 Å². The van der Waals surface area contributed by atoms with Crippen LogP contribution in [-0.4, -0.2) is 5.54 Å². The first kappa shape index (κ1) is 17.7. The van der Waals surface area contributed by atoms with Crippen molar-refractivity contribution in [2.24, 2.45) is 5.73 Å². The summed E-state index contributed by atoms with van der Waals surface area (Å²) in [6, 6.07) is 10.9. The fourth-order valence-corrected chi connectivity index (χ4v) is 3.09. The summed E-state index contributed by atoms with van der Waals surface area (Å²) in [5.74, 6) is 6.28. The number of aryl methyl sites for hydroxylation is 2. The Bertz CT molecular complexity index is 668. The second-order valence-corrected chi connectivity index (χ2v) is 7.70. The fourth-order valence-electron chi connectivity index (χ4n) is 2.21. The second-order valence-electron chi connectivity index (χ2n) is 6.54. The van der Waals surface area contributed by atoms with E-state index in [1.807, 2.05) is 12.1 Å². The predicted octanol–water partition coefficient (Wildman–Crippen LogP) is 4.93. The Morgan fingerprint density at radius 1 is 1.09 bits per heavy atom. The standard InChI is InChI=1S/C20H24FNS/c1-20(2,22)15-14-19-13-12-18(23-19)7-5-3-4-6-16-8-10-17(21)11-9-16/h8-13H,3-4,6,14-15,22H2,1-2H3. The van der Waals surface area contributed by atoms with E-state index in [1.165, 1.54) is 17.0 Å². The summed E-state index contributed by atoms with van der Waals surface area (Å²) in [5.41, 5.74) is 7.06. The molecule has 3 heteroatoms. The lowest BCUT2D eigenvalue weighted by atomic mass is 10.00. The van der Waals surface area contributed by atoms with E-state index in [1.54, 1.807) is 11.3 Å². The van der Waals surface area contributed by atoms with Gasteiger partial charge in [-0.1, -0.05) is 24.0 Å². The Labute approximate surface area is 142 Å². The Balaban J connectivity index is 1.74. The predicted molar refractivity (Wildman–Crippen MR) is 97.1 cm³/mol. The summed E-state index contributed by atoms with van der Waals surface area (Å²) in [6.45, 7) is 4.12. The molecule has 122 valence electrons. The van der Waals surface area contributed by atoms with Crippen LogP contribution in [0.2, 0.25) is 0 Å². The van der Waals surface area contributed by atoms with Crippen molar-refractivity contribution in [1.29, 1.82) is 0 Å². The minimum absolute atomic E-state index is 0.115. The van der Waals surface area contributed by atoms with E-state index < -0.39 is 0 Å². The van der Waals surface area contributed by atoms with Gasteiger partial charge < -0.3 is 5.73 Å². The fraction of sp³-hybridized carbons (Fsp3) is 0.400. The van der Waals surface area contributed by atoms with Crippen LogP contribution in [-0.2, 0) is 12.8 Å². The van der Waals surface area contributed by atoms with Gasteiger partial charge >= 0.3 is 0 Å². The van der Waals surface area contributed by atoms with Gasteiger partial charge in [0.15, 0.2) is 0 Å². The Morgan fingerprint density at radius 3 is 2.52 bits per heavy atom. The normalized spacial score (nSPS) is 11.1. The maximum atomic E-state index is 12.8.